The molecule has 2 fully saturated rings. The lowest BCUT2D eigenvalue weighted by atomic mass is 9.95. The summed E-state index contributed by atoms with van der Waals surface area (Å²) in [5.41, 5.74) is 4.28. The van der Waals surface area contributed by atoms with Crippen LogP contribution < -0.4 is 10.1 Å². The lowest BCUT2D eigenvalue weighted by Crippen LogP contribution is -2.52. The van der Waals surface area contributed by atoms with E-state index in [0.29, 0.717) is 11.6 Å². The van der Waals surface area contributed by atoms with Crippen LogP contribution in [-0.2, 0) is 5.54 Å². The van der Waals surface area contributed by atoms with Gasteiger partial charge in [-0.1, -0.05) is 24.8 Å². The Morgan fingerprint density at radius 3 is 2.79 bits per heavy atom. The van der Waals surface area contributed by atoms with Crippen LogP contribution in [0.4, 0.5) is 0 Å². The molecule has 33 heavy (non-hydrogen) atoms. The monoisotopic (exact) mass is 441 g/mol. The molecule has 2 heterocycles. The van der Waals surface area contributed by atoms with Gasteiger partial charge in [0.1, 0.15) is 11.9 Å². The topological polar surface area (TPSA) is 54.5 Å². The average Bonchev–Trinajstić information content (AvgIpc) is 3.58. The Labute approximate surface area is 195 Å². The minimum Gasteiger partial charge on any atom is -0.489 e. The number of likely N-dealkylation sites (tertiary alicyclic amines) is 1. The van der Waals surface area contributed by atoms with Crippen LogP contribution in [0, 0.1) is 6.92 Å². The highest BCUT2D eigenvalue weighted by Gasteiger charge is 2.47. The highest BCUT2D eigenvalue weighted by Crippen LogP contribution is 2.48. The summed E-state index contributed by atoms with van der Waals surface area (Å²) in [5, 5.41) is 4.43. The lowest BCUT2D eigenvalue weighted by Gasteiger charge is -2.41. The average molecular weight is 442 g/mol. The first-order chi connectivity index (χ1) is 15.9. The molecule has 1 aromatic heterocycles. The molecule has 0 unspecified atom stereocenters. The maximum absolute atomic E-state index is 13.5. The molecule has 2 aliphatic rings. The van der Waals surface area contributed by atoms with Crippen LogP contribution in [0.1, 0.15) is 53.2 Å². The van der Waals surface area contributed by atoms with E-state index in [-0.39, 0.29) is 17.6 Å². The summed E-state index contributed by atoms with van der Waals surface area (Å²) < 4.78 is 6.21. The Hall–Kier alpha value is -3.18. The van der Waals surface area contributed by atoms with E-state index >= 15 is 0 Å². The zero-order valence-electron chi connectivity index (χ0n) is 19.6. The number of hydrogen-bond acceptors (Lipinski definition) is 4. The van der Waals surface area contributed by atoms with Crippen LogP contribution in [0.25, 0.3) is 17.0 Å². The first-order valence-electron chi connectivity index (χ1n) is 11.7. The summed E-state index contributed by atoms with van der Waals surface area (Å²) in [6.45, 7) is 9.11. The Morgan fingerprint density at radius 1 is 1.30 bits per heavy atom. The van der Waals surface area contributed by atoms with Crippen LogP contribution in [0.15, 0.2) is 55.2 Å². The molecule has 1 aliphatic carbocycles. The van der Waals surface area contributed by atoms with Gasteiger partial charge in [0.25, 0.3) is 5.91 Å². The summed E-state index contributed by atoms with van der Waals surface area (Å²) in [6.07, 6.45) is 6.67. The van der Waals surface area contributed by atoms with Crippen LogP contribution in [-0.4, -0.2) is 41.5 Å². The molecule has 0 bridgehead atoms. The number of ether oxygens (including phenoxy) is 1. The van der Waals surface area contributed by atoms with Crippen LogP contribution in [0.5, 0.6) is 5.75 Å². The first-order valence-corrected chi connectivity index (χ1v) is 11.7. The highest BCUT2D eigenvalue weighted by molar-refractivity contribution is 5.97. The Kier molecular flexibility index (Phi) is 5.45. The predicted octanol–water partition coefficient (Wildman–Crippen LogP) is 5.08. The van der Waals surface area contributed by atoms with Crippen molar-refractivity contribution in [3.8, 4) is 5.75 Å². The van der Waals surface area contributed by atoms with Crippen molar-refractivity contribution < 1.29 is 9.53 Å². The van der Waals surface area contributed by atoms with Gasteiger partial charge in [-0.3, -0.25) is 14.7 Å². The van der Waals surface area contributed by atoms with Crippen LogP contribution >= 0.6 is 0 Å². The number of likely N-dealkylation sites (N-methyl/N-ethyl adjacent to an activating group) is 1. The molecule has 3 aromatic rings. The standard InChI is InChI=1S/C28H31N3O2/c1-5-20-15-24(22-7-6-13-29-25(22)16-20)28(11-12-28)30-27(32)23-17-21(9-8-18(23)2)33-19(3)26-10-14-31(26)4/h5-9,13,15-17,19,26H,1,10-12,14H2,2-4H3,(H,30,32)/t19-,26-/m0/s1. The quantitative estimate of drug-likeness (QED) is 0.556. The van der Waals surface area contributed by atoms with E-state index in [1.807, 2.05) is 43.3 Å². The van der Waals surface area contributed by atoms with Crippen LogP contribution in [0.3, 0.4) is 0 Å². The molecule has 5 rings (SSSR count). The van der Waals surface area contributed by atoms with Gasteiger partial charge in [-0.2, -0.15) is 0 Å². The summed E-state index contributed by atoms with van der Waals surface area (Å²) >= 11 is 0. The molecule has 2 aromatic carbocycles. The van der Waals surface area contributed by atoms with Crippen molar-refractivity contribution >= 4 is 22.9 Å². The number of amides is 1. The van der Waals surface area contributed by atoms with E-state index in [1.54, 1.807) is 6.20 Å². The molecule has 1 saturated carbocycles. The maximum Gasteiger partial charge on any atom is 0.252 e. The van der Waals surface area contributed by atoms with Crippen molar-refractivity contribution in [2.24, 2.45) is 0 Å². The third-order valence-corrected chi connectivity index (χ3v) is 7.26. The molecule has 1 aliphatic heterocycles. The smallest absolute Gasteiger partial charge is 0.252 e. The van der Waals surface area contributed by atoms with Crippen molar-refractivity contribution in [3.05, 3.63) is 77.5 Å². The summed E-state index contributed by atoms with van der Waals surface area (Å²) in [5.74, 6) is 0.677. The molecule has 1 amide bonds. The van der Waals surface area contributed by atoms with E-state index in [2.05, 4.69) is 47.9 Å². The lowest BCUT2D eigenvalue weighted by molar-refractivity contribution is 0.0269. The Bertz CT molecular complexity index is 1230. The van der Waals surface area contributed by atoms with Gasteiger partial charge >= 0.3 is 0 Å². The molecular weight excluding hydrogens is 410 g/mol. The predicted molar refractivity (Wildman–Crippen MR) is 133 cm³/mol. The zero-order chi connectivity index (χ0) is 23.2. The number of hydrogen-bond donors (Lipinski definition) is 1. The number of carbonyl (C=O) groups is 1. The van der Waals surface area contributed by atoms with Gasteiger partial charge < -0.3 is 10.1 Å². The van der Waals surface area contributed by atoms with Gasteiger partial charge in [-0.25, -0.2) is 0 Å². The molecule has 0 radical (unpaired) electrons. The Morgan fingerprint density at radius 2 is 2.12 bits per heavy atom. The number of benzene rings is 2. The van der Waals surface area contributed by atoms with Crippen LogP contribution in [0.2, 0.25) is 0 Å². The first kappa shape index (κ1) is 21.7. The van der Waals surface area contributed by atoms with Gasteiger partial charge in [0.15, 0.2) is 0 Å². The number of aromatic nitrogens is 1. The number of aryl methyl sites for hydroxylation is 1. The minimum absolute atomic E-state index is 0.0649. The van der Waals surface area contributed by atoms with Crippen molar-refractivity contribution in [1.82, 2.24) is 15.2 Å². The second-order valence-electron chi connectivity index (χ2n) is 9.52. The SMILES string of the molecule is C=Cc1cc(C2(NC(=O)c3cc(O[C@@H](C)[C@@H]4CCN4C)ccc3C)CC2)c2cccnc2c1. The number of nitrogens with one attached hydrogen (secondary N) is 1. The minimum atomic E-state index is -0.372. The second-order valence-corrected chi connectivity index (χ2v) is 9.52. The van der Waals surface area contributed by atoms with Crippen molar-refractivity contribution in [1.29, 1.82) is 0 Å². The molecule has 0 spiro atoms. The van der Waals surface area contributed by atoms with Crippen molar-refractivity contribution in [2.75, 3.05) is 13.6 Å². The number of fused-ring (bicyclic) bond motifs is 1. The van der Waals surface area contributed by atoms with E-state index < -0.39 is 0 Å². The van der Waals surface area contributed by atoms with Gasteiger partial charge in [0.2, 0.25) is 0 Å². The van der Waals surface area contributed by atoms with Crippen molar-refractivity contribution in [2.45, 2.75) is 50.8 Å². The van der Waals surface area contributed by atoms with Crippen molar-refractivity contribution in [3.63, 3.8) is 0 Å². The van der Waals surface area contributed by atoms with Gasteiger partial charge in [0.05, 0.1) is 11.1 Å². The molecule has 1 saturated heterocycles. The van der Waals surface area contributed by atoms with E-state index in [9.17, 15) is 4.79 Å². The van der Waals surface area contributed by atoms with E-state index in [0.717, 1.165) is 59.2 Å². The molecule has 5 heteroatoms. The van der Waals surface area contributed by atoms with Gasteiger partial charge in [0, 0.05) is 23.2 Å². The normalized spacial score (nSPS) is 20.0. The van der Waals surface area contributed by atoms with Gasteiger partial charge in [-0.15, -0.1) is 0 Å². The molecule has 1 N–H and O–H groups in total. The van der Waals surface area contributed by atoms with Gasteiger partial charge in [-0.05, 0) is 93.7 Å². The molecular formula is C28H31N3O2. The van der Waals surface area contributed by atoms with E-state index in [1.165, 1.54) is 0 Å². The molecule has 5 nitrogen and oxygen atoms in total. The molecule has 170 valence electrons. The highest BCUT2D eigenvalue weighted by atomic mass is 16.5. The fourth-order valence-electron chi connectivity index (χ4n) is 4.93. The fourth-order valence-corrected chi connectivity index (χ4v) is 4.93. The fraction of sp³-hybridized carbons (Fsp3) is 0.357. The zero-order valence-corrected chi connectivity index (χ0v) is 19.6. The van der Waals surface area contributed by atoms with E-state index in [4.69, 9.17) is 4.74 Å². The third-order valence-electron chi connectivity index (χ3n) is 7.26. The maximum atomic E-state index is 13.5. The summed E-state index contributed by atoms with van der Waals surface area (Å²) in [7, 11) is 2.12. The second kappa shape index (κ2) is 8.31. The Balaban J connectivity index is 1.41. The summed E-state index contributed by atoms with van der Waals surface area (Å²) in [4.78, 5) is 20.3. The number of nitrogens with zero attached hydrogens (tertiary/aromatic N) is 2. The number of carbonyl (C=O) groups excluding carboxylic acids is 1. The third kappa shape index (κ3) is 4.02. The number of rotatable bonds is 7. The number of pyridine rings is 1. The molecule has 2 atom stereocenters. The summed E-state index contributed by atoms with van der Waals surface area (Å²) in [6, 6.07) is 14.4. The largest absolute Gasteiger partial charge is 0.489 e.